The van der Waals surface area contributed by atoms with Crippen molar-refractivity contribution in [1.29, 1.82) is 0 Å². The zero-order chi connectivity index (χ0) is 15.3. The van der Waals surface area contributed by atoms with Gasteiger partial charge in [0.25, 0.3) is 11.5 Å². The molecule has 0 bridgehead atoms. The first kappa shape index (κ1) is 15.9. The molecule has 0 saturated carbocycles. The number of amides is 1. The number of carboxylic acids is 1. The topological polar surface area (TPSA) is 99.3 Å². The van der Waals surface area contributed by atoms with Crippen LogP contribution < -0.4 is 10.9 Å². The fraction of sp³-hybridized carbons (Fsp3) is 0.500. The van der Waals surface area contributed by atoms with Crippen molar-refractivity contribution in [3.63, 3.8) is 0 Å². The second-order valence-electron chi connectivity index (χ2n) is 5.09. The van der Waals surface area contributed by atoms with E-state index in [4.69, 9.17) is 5.11 Å². The number of hydrogen-bond donors (Lipinski definition) is 3. The molecule has 0 aliphatic rings. The molecule has 1 unspecified atom stereocenters. The summed E-state index contributed by atoms with van der Waals surface area (Å²) in [5.41, 5.74) is 1.04. The van der Waals surface area contributed by atoms with Crippen molar-refractivity contribution >= 4 is 11.9 Å². The number of aryl methyl sites for hydroxylation is 2. The van der Waals surface area contributed by atoms with Gasteiger partial charge in [-0.3, -0.25) is 14.4 Å². The monoisotopic (exact) mass is 280 g/mol. The zero-order valence-electron chi connectivity index (χ0n) is 11.9. The van der Waals surface area contributed by atoms with Crippen LogP contribution in [0.15, 0.2) is 10.9 Å². The highest BCUT2D eigenvalue weighted by Gasteiger charge is 2.15. The first-order chi connectivity index (χ1) is 9.31. The minimum absolute atomic E-state index is 0.0416. The third-order valence-electron chi connectivity index (χ3n) is 3.05. The van der Waals surface area contributed by atoms with Gasteiger partial charge >= 0.3 is 5.97 Å². The number of aliphatic carboxylic acids is 1. The van der Waals surface area contributed by atoms with Crippen LogP contribution in [0.5, 0.6) is 0 Å². The van der Waals surface area contributed by atoms with E-state index in [1.165, 1.54) is 0 Å². The molecule has 0 radical (unpaired) electrons. The lowest BCUT2D eigenvalue weighted by molar-refractivity contribution is -0.137. The highest BCUT2D eigenvalue weighted by atomic mass is 16.4. The minimum Gasteiger partial charge on any atom is -0.481 e. The van der Waals surface area contributed by atoms with Crippen molar-refractivity contribution in [2.24, 2.45) is 5.92 Å². The summed E-state index contributed by atoms with van der Waals surface area (Å²) >= 11 is 0. The number of hydrogen-bond acceptors (Lipinski definition) is 3. The predicted molar refractivity (Wildman–Crippen MR) is 74.9 cm³/mol. The molecule has 0 aromatic carbocycles. The number of aromatic nitrogens is 1. The van der Waals surface area contributed by atoms with Crippen molar-refractivity contribution in [2.75, 3.05) is 6.54 Å². The standard InChI is InChI=1S/C14H20N2O4/c1-8(4-5-11(17)18)7-15-13(19)12-9(2)6-10(3)16-14(12)20/h6,8H,4-5,7H2,1-3H3,(H,15,19)(H,16,20)(H,17,18). The Morgan fingerprint density at radius 1 is 1.40 bits per heavy atom. The van der Waals surface area contributed by atoms with Gasteiger partial charge in [-0.1, -0.05) is 6.92 Å². The van der Waals surface area contributed by atoms with Crippen molar-refractivity contribution in [2.45, 2.75) is 33.6 Å². The molecule has 20 heavy (non-hydrogen) atoms. The summed E-state index contributed by atoms with van der Waals surface area (Å²) in [5.74, 6) is -1.24. The molecular formula is C14H20N2O4. The van der Waals surface area contributed by atoms with Gasteiger partial charge in [-0.2, -0.15) is 0 Å². The fourth-order valence-electron chi connectivity index (χ4n) is 1.96. The average Bonchev–Trinajstić information content (AvgIpc) is 2.32. The highest BCUT2D eigenvalue weighted by Crippen LogP contribution is 2.06. The second-order valence-corrected chi connectivity index (χ2v) is 5.09. The Bertz CT molecular complexity index is 563. The molecule has 1 rings (SSSR count). The quantitative estimate of drug-likeness (QED) is 0.729. The molecule has 0 aliphatic heterocycles. The summed E-state index contributed by atoms with van der Waals surface area (Å²) < 4.78 is 0. The largest absolute Gasteiger partial charge is 0.481 e. The molecule has 0 fully saturated rings. The summed E-state index contributed by atoms with van der Waals surface area (Å²) in [5, 5.41) is 11.3. The number of nitrogens with one attached hydrogen (secondary N) is 2. The number of aromatic amines is 1. The number of H-pyrrole nitrogens is 1. The molecule has 3 N–H and O–H groups in total. The van der Waals surface area contributed by atoms with Gasteiger partial charge in [0.15, 0.2) is 0 Å². The summed E-state index contributed by atoms with van der Waals surface area (Å²) in [4.78, 5) is 36.8. The van der Waals surface area contributed by atoms with Crippen molar-refractivity contribution < 1.29 is 14.7 Å². The fourth-order valence-corrected chi connectivity index (χ4v) is 1.96. The molecule has 1 heterocycles. The Balaban J connectivity index is 2.64. The lowest BCUT2D eigenvalue weighted by Gasteiger charge is -2.12. The van der Waals surface area contributed by atoms with E-state index >= 15 is 0 Å². The van der Waals surface area contributed by atoms with Crippen molar-refractivity contribution in [1.82, 2.24) is 10.3 Å². The number of rotatable bonds is 6. The molecule has 1 aromatic rings. The van der Waals surface area contributed by atoms with Crippen LogP contribution in [0.1, 0.15) is 41.4 Å². The molecule has 1 atom stereocenters. The van der Waals surface area contributed by atoms with Crippen LogP contribution >= 0.6 is 0 Å². The van der Waals surface area contributed by atoms with Gasteiger partial charge in [0.1, 0.15) is 5.56 Å². The molecule has 1 amide bonds. The average molecular weight is 280 g/mol. The van der Waals surface area contributed by atoms with Crippen LogP contribution in [0.3, 0.4) is 0 Å². The highest BCUT2D eigenvalue weighted by molar-refractivity contribution is 5.95. The zero-order valence-corrected chi connectivity index (χ0v) is 11.9. The van der Waals surface area contributed by atoms with E-state index in [2.05, 4.69) is 10.3 Å². The lowest BCUT2D eigenvalue weighted by Crippen LogP contribution is -2.33. The van der Waals surface area contributed by atoms with Crippen LogP contribution in [-0.2, 0) is 4.79 Å². The van der Waals surface area contributed by atoms with Crippen LogP contribution in [-0.4, -0.2) is 28.5 Å². The molecule has 0 spiro atoms. The molecular weight excluding hydrogens is 260 g/mol. The second kappa shape index (κ2) is 6.88. The summed E-state index contributed by atoms with van der Waals surface area (Å²) in [6, 6.07) is 1.74. The van der Waals surface area contributed by atoms with Crippen molar-refractivity contribution in [3.05, 3.63) is 33.2 Å². The van der Waals surface area contributed by atoms with E-state index in [0.717, 1.165) is 0 Å². The van der Waals surface area contributed by atoms with E-state index in [1.807, 2.05) is 6.92 Å². The van der Waals surface area contributed by atoms with Crippen LogP contribution in [0.2, 0.25) is 0 Å². The first-order valence-corrected chi connectivity index (χ1v) is 6.51. The SMILES string of the molecule is Cc1cc(C)c(C(=O)NCC(C)CCC(=O)O)c(=O)[nH]1. The number of pyridine rings is 1. The third kappa shape index (κ3) is 4.53. The van der Waals surface area contributed by atoms with Gasteiger partial charge in [-0.05, 0) is 37.8 Å². The summed E-state index contributed by atoms with van der Waals surface area (Å²) in [6.45, 7) is 5.67. The lowest BCUT2D eigenvalue weighted by atomic mass is 10.1. The van der Waals surface area contributed by atoms with Gasteiger partial charge in [-0.15, -0.1) is 0 Å². The molecule has 0 saturated heterocycles. The predicted octanol–water partition coefficient (Wildman–Crippen LogP) is 1.22. The molecule has 0 aliphatic carbocycles. The number of carbonyl (C=O) groups is 2. The molecule has 6 heteroatoms. The van der Waals surface area contributed by atoms with Gasteiger partial charge < -0.3 is 15.4 Å². The Hall–Kier alpha value is -2.11. The maximum Gasteiger partial charge on any atom is 0.303 e. The third-order valence-corrected chi connectivity index (χ3v) is 3.05. The number of carbonyl (C=O) groups excluding carboxylic acids is 1. The summed E-state index contributed by atoms with van der Waals surface area (Å²) in [7, 11) is 0. The molecule has 1 aromatic heterocycles. The Labute approximate surface area is 117 Å². The van der Waals surface area contributed by atoms with Crippen molar-refractivity contribution in [3.8, 4) is 0 Å². The van der Waals surface area contributed by atoms with Gasteiger partial charge in [-0.25, -0.2) is 0 Å². The Morgan fingerprint density at radius 2 is 2.05 bits per heavy atom. The maximum absolute atomic E-state index is 12.0. The van der Waals surface area contributed by atoms with Gasteiger partial charge in [0.05, 0.1) is 0 Å². The first-order valence-electron chi connectivity index (χ1n) is 6.51. The maximum atomic E-state index is 12.0. The molecule has 6 nitrogen and oxygen atoms in total. The van der Waals surface area contributed by atoms with E-state index < -0.39 is 17.4 Å². The van der Waals surface area contributed by atoms with E-state index in [1.54, 1.807) is 19.9 Å². The van der Waals surface area contributed by atoms with E-state index in [0.29, 0.717) is 24.2 Å². The van der Waals surface area contributed by atoms with Crippen LogP contribution in [0.25, 0.3) is 0 Å². The summed E-state index contributed by atoms with van der Waals surface area (Å²) in [6.07, 6.45) is 0.556. The van der Waals surface area contributed by atoms with Gasteiger partial charge in [0, 0.05) is 18.7 Å². The van der Waals surface area contributed by atoms with Crippen LogP contribution in [0.4, 0.5) is 0 Å². The smallest absolute Gasteiger partial charge is 0.303 e. The minimum atomic E-state index is -0.853. The van der Waals surface area contributed by atoms with Gasteiger partial charge in [0.2, 0.25) is 0 Å². The molecule has 110 valence electrons. The normalized spacial score (nSPS) is 11.9. The van der Waals surface area contributed by atoms with Crippen LogP contribution in [0, 0.1) is 19.8 Å². The van der Waals surface area contributed by atoms with E-state index in [9.17, 15) is 14.4 Å². The Kier molecular flexibility index (Phi) is 5.49. The number of carboxylic acid groups (broad SMARTS) is 1. The Morgan fingerprint density at radius 3 is 2.60 bits per heavy atom. The van der Waals surface area contributed by atoms with E-state index in [-0.39, 0.29) is 17.9 Å².